The summed E-state index contributed by atoms with van der Waals surface area (Å²) in [6, 6.07) is 9.24. The minimum absolute atomic E-state index is 0.193. The molecule has 0 bridgehead atoms. The molecule has 0 aliphatic rings. The number of benzene rings is 1. The molecule has 1 aromatic heterocycles. The number of hydrogen-bond donors (Lipinski definition) is 0. The second kappa shape index (κ2) is 4.72. The molecule has 0 saturated carbocycles. The van der Waals surface area contributed by atoms with Gasteiger partial charge in [-0.25, -0.2) is 4.68 Å². The van der Waals surface area contributed by atoms with Crippen LogP contribution in [0.25, 0.3) is 5.69 Å². The van der Waals surface area contributed by atoms with Crippen LogP contribution in [0.15, 0.2) is 47.3 Å². The minimum Gasteiger partial charge on any atom is -0.289 e. The number of ketones is 1. The van der Waals surface area contributed by atoms with Gasteiger partial charge in [0.05, 0.1) is 5.69 Å². The minimum atomic E-state index is -0.306. The van der Waals surface area contributed by atoms with Gasteiger partial charge in [-0.2, -0.15) is 0 Å². The Bertz CT molecular complexity index is 706. The second-order valence-corrected chi connectivity index (χ2v) is 4.55. The van der Waals surface area contributed by atoms with Crippen molar-refractivity contribution in [2.45, 2.75) is 13.8 Å². The van der Waals surface area contributed by atoms with Crippen LogP contribution in [0.4, 0.5) is 0 Å². The third kappa shape index (κ3) is 2.05. The number of para-hydroxylation sites is 1. The lowest BCUT2D eigenvalue weighted by Crippen LogP contribution is -2.22. The fraction of sp³-hybridized carbons (Fsp3) is 0.200. The van der Waals surface area contributed by atoms with E-state index >= 15 is 0 Å². The molecular formula is C15H16N2O2. The first kappa shape index (κ1) is 13.1. The van der Waals surface area contributed by atoms with E-state index in [1.165, 1.54) is 4.68 Å². The smallest absolute Gasteiger partial charge is 0.282 e. The lowest BCUT2D eigenvalue weighted by atomic mass is 10.1. The van der Waals surface area contributed by atoms with Crippen molar-refractivity contribution in [3.63, 3.8) is 0 Å². The molecule has 0 saturated heterocycles. The fourth-order valence-electron chi connectivity index (χ4n) is 2.04. The van der Waals surface area contributed by atoms with Crippen molar-refractivity contribution in [2.75, 3.05) is 0 Å². The van der Waals surface area contributed by atoms with Gasteiger partial charge in [-0.3, -0.25) is 14.3 Å². The van der Waals surface area contributed by atoms with Crippen molar-refractivity contribution in [3.8, 4) is 5.69 Å². The highest BCUT2D eigenvalue weighted by molar-refractivity contribution is 6.08. The van der Waals surface area contributed by atoms with Crippen LogP contribution in [-0.4, -0.2) is 15.1 Å². The lowest BCUT2D eigenvalue weighted by molar-refractivity contribution is 0.103. The third-order valence-corrected chi connectivity index (χ3v) is 3.17. The number of Topliss-reactive ketones (excluding diaryl/α,β-unsaturated/α-hetero) is 1. The molecule has 1 aromatic carbocycles. The molecule has 4 heteroatoms. The molecule has 4 nitrogen and oxygen atoms in total. The summed E-state index contributed by atoms with van der Waals surface area (Å²) in [7, 11) is 1.76. The fourth-order valence-corrected chi connectivity index (χ4v) is 2.04. The molecule has 1 heterocycles. The molecular weight excluding hydrogens is 240 g/mol. The SMILES string of the molecule is C=C(C)C(=O)c1c(C)n(C)n(-c2ccccc2)c1=O. The predicted octanol–water partition coefficient (Wildman–Crippen LogP) is 2.24. The molecule has 0 aliphatic carbocycles. The average Bonchev–Trinajstić information content (AvgIpc) is 2.61. The Labute approximate surface area is 111 Å². The maximum Gasteiger partial charge on any atom is 0.282 e. The number of carbonyl (C=O) groups is 1. The zero-order chi connectivity index (χ0) is 14.2. The van der Waals surface area contributed by atoms with Crippen molar-refractivity contribution < 1.29 is 4.79 Å². The zero-order valence-corrected chi connectivity index (χ0v) is 11.3. The molecule has 0 N–H and O–H groups in total. The quantitative estimate of drug-likeness (QED) is 0.624. The monoisotopic (exact) mass is 256 g/mol. The standard InChI is InChI=1S/C15H16N2O2/c1-10(2)14(18)13-11(3)16(4)17(15(13)19)12-8-6-5-7-9-12/h5-9H,1H2,2-4H3. The van der Waals surface area contributed by atoms with Crippen molar-refractivity contribution in [2.24, 2.45) is 7.05 Å². The van der Waals surface area contributed by atoms with Gasteiger partial charge < -0.3 is 0 Å². The van der Waals surface area contributed by atoms with Crippen LogP contribution in [0.3, 0.4) is 0 Å². The Morgan fingerprint density at radius 1 is 1.21 bits per heavy atom. The predicted molar refractivity (Wildman–Crippen MR) is 74.9 cm³/mol. The highest BCUT2D eigenvalue weighted by Gasteiger charge is 2.22. The van der Waals surface area contributed by atoms with Crippen molar-refractivity contribution in [3.05, 3.63) is 64.1 Å². The number of aromatic nitrogens is 2. The van der Waals surface area contributed by atoms with Crippen LogP contribution in [0.1, 0.15) is 23.0 Å². The number of carbonyl (C=O) groups excluding carboxylic acids is 1. The molecule has 0 radical (unpaired) electrons. The Kier molecular flexibility index (Phi) is 3.25. The van der Waals surface area contributed by atoms with Crippen molar-refractivity contribution >= 4 is 5.78 Å². The molecule has 19 heavy (non-hydrogen) atoms. The van der Waals surface area contributed by atoms with Gasteiger partial charge in [0.2, 0.25) is 0 Å². The van der Waals surface area contributed by atoms with Crippen molar-refractivity contribution in [1.29, 1.82) is 0 Å². The summed E-state index contributed by atoms with van der Waals surface area (Å²) in [5.41, 5.74) is 1.63. The summed E-state index contributed by atoms with van der Waals surface area (Å²) in [6.07, 6.45) is 0. The van der Waals surface area contributed by atoms with E-state index in [-0.39, 0.29) is 16.9 Å². The lowest BCUT2D eigenvalue weighted by Gasteiger charge is -2.07. The molecule has 2 aromatic rings. The molecule has 0 aliphatic heterocycles. The first-order valence-electron chi connectivity index (χ1n) is 5.99. The molecule has 0 spiro atoms. The highest BCUT2D eigenvalue weighted by atomic mass is 16.2. The highest BCUT2D eigenvalue weighted by Crippen LogP contribution is 2.12. The van der Waals surface area contributed by atoms with Gasteiger partial charge in [-0.15, -0.1) is 0 Å². The van der Waals surface area contributed by atoms with Gasteiger partial charge in [-0.05, 0) is 31.6 Å². The largest absolute Gasteiger partial charge is 0.289 e. The summed E-state index contributed by atoms with van der Waals surface area (Å²) in [4.78, 5) is 24.5. The second-order valence-electron chi connectivity index (χ2n) is 4.55. The van der Waals surface area contributed by atoms with Gasteiger partial charge in [0.1, 0.15) is 5.56 Å². The topological polar surface area (TPSA) is 44.0 Å². The molecule has 0 atom stereocenters. The summed E-state index contributed by atoms with van der Waals surface area (Å²) in [5, 5.41) is 0. The van der Waals surface area contributed by atoms with Crippen molar-refractivity contribution in [1.82, 2.24) is 9.36 Å². The molecule has 0 fully saturated rings. The number of rotatable bonds is 3. The summed E-state index contributed by atoms with van der Waals surface area (Å²) in [5.74, 6) is -0.298. The van der Waals surface area contributed by atoms with Crippen LogP contribution in [-0.2, 0) is 7.05 Å². The van der Waals surface area contributed by atoms with E-state index in [1.807, 2.05) is 30.3 Å². The van der Waals surface area contributed by atoms with Gasteiger partial charge in [-0.1, -0.05) is 24.8 Å². The van der Waals surface area contributed by atoms with Gasteiger partial charge >= 0.3 is 0 Å². The number of allylic oxidation sites excluding steroid dienone is 1. The van der Waals surface area contributed by atoms with E-state index < -0.39 is 0 Å². The van der Waals surface area contributed by atoms with E-state index in [0.29, 0.717) is 11.3 Å². The summed E-state index contributed by atoms with van der Waals surface area (Å²) in [6.45, 7) is 6.99. The Morgan fingerprint density at radius 3 is 2.32 bits per heavy atom. The van der Waals surface area contributed by atoms with E-state index in [4.69, 9.17) is 0 Å². The van der Waals surface area contributed by atoms with Crippen LogP contribution >= 0.6 is 0 Å². The van der Waals surface area contributed by atoms with E-state index in [0.717, 1.165) is 5.69 Å². The van der Waals surface area contributed by atoms with Crippen LogP contribution in [0.5, 0.6) is 0 Å². The number of nitrogens with zero attached hydrogens (tertiary/aromatic N) is 2. The van der Waals surface area contributed by atoms with Gasteiger partial charge in [0, 0.05) is 12.7 Å². The normalized spacial score (nSPS) is 10.5. The number of hydrogen-bond acceptors (Lipinski definition) is 2. The maximum absolute atomic E-state index is 12.4. The van der Waals surface area contributed by atoms with Crippen LogP contribution < -0.4 is 5.56 Å². The zero-order valence-electron chi connectivity index (χ0n) is 11.3. The summed E-state index contributed by atoms with van der Waals surface area (Å²) >= 11 is 0. The molecule has 0 unspecified atom stereocenters. The Hall–Kier alpha value is -2.36. The van der Waals surface area contributed by atoms with E-state index in [2.05, 4.69) is 6.58 Å². The van der Waals surface area contributed by atoms with Gasteiger partial charge in [0.25, 0.3) is 5.56 Å². The van der Waals surface area contributed by atoms with E-state index in [9.17, 15) is 9.59 Å². The Balaban J connectivity index is 2.74. The van der Waals surface area contributed by atoms with Crippen LogP contribution in [0.2, 0.25) is 0 Å². The molecule has 0 amide bonds. The molecule has 2 rings (SSSR count). The first-order valence-corrected chi connectivity index (χ1v) is 5.99. The van der Waals surface area contributed by atoms with Crippen LogP contribution in [0, 0.1) is 6.92 Å². The average molecular weight is 256 g/mol. The molecule has 98 valence electrons. The van der Waals surface area contributed by atoms with E-state index in [1.54, 1.807) is 25.6 Å². The van der Waals surface area contributed by atoms with Gasteiger partial charge in [0.15, 0.2) is 5.78 Å². The first-order chi connectivity index (χ1) is 8.95. The third-order valence-electron chi connectivity index (χ3n) is 3.17. The summed E-state index contributed by atoms with van der Waals surface area (Å²) < 4.78 is 3.18. The maximum atomic E-state index is 12.4. The Morgan fingerprint density at radius 2 is 1.79 bits per heavy atom.